The fraction of sp³-hybridized carbons (Fsp3) is 0.300. The minimum atomic E-state index is -0.225. The number of carbonyl (C=O) groups is 2. The van der Waals surface area contributed by atoms with Gasteiger partial charge in [-0.15, -0.1) is 0 Å². The molecule has 0 aliphatic rings. The summed E-state index contributed by atoms with van der Waals surface area (Å²) in [6, 6.07) is 11.8. The van der Waals surface area contributed by atoms with Crippen LogP contribution in [0.3, 0.4) is 0 Å². The van der Waals surface area contributed by atoms with E-state index < -0.39 is 0 Å². The Morgan fingerprint density at radius 3 is 1.92 bits per heavy atom. The van der Waals surface area contributed by atoms with Crippen molar-refractivity contribution in [2.24, 2.45) is 0 Å². The number of ketones is 1. The molecule has 1 amide bonds. The molecule has 0 bridgehead atoms. The van der Waals surface area contributed by atoms with Gasteiger partial charge >= 0.3 is 0 Å². The number of hydrogen-bond donors (Lipinski definition) is 0. The summed E-state index contributed by atoms with van der Waals surface area (Å²) in [4.78, 5) is 27.4. The summed E-state index contributed by atoms with van der Waals surface area (Å²) in [6.07, 6.45) is 0. The van der Waals surface area contributed by atoms with Crippen molar-refractivity contribution in [2.45, 2.75) is 13.8 Å². The topological polar surface area (TPSA) is 55.8 Å². The van der Waals surface area contributed by atoms with E-state index in [1.54, 1.807) is 54.5 Å². The van der Waals surface area contributed by atoms with Crippen LogP contribution in [0, 0.1) is 0 Å². The van der Waals surface area contributed by atoms with Crippen LogP contribution in [0.5, 0.6) is 11.5 Å². The fourth-order valence-electron chi connectivity index (χ4n) is 2.60. The van der Waals surface area contributed by atoms with Gasteiger partial charge in [-0.05, 0) is 56.3 Å². The lowest BCUT2D eigenvalue weighted by Gasteiger charge is -2.20. The van der Waals surface area contributed by atoms with Gasteiger partial charge in [0.15, 0.2) is 5.78 Å². The van der Waals surface area contributed by atoms with Gasteiger partial charge < -0.3 is 14.4 Å². The summed E-state index contributed by atoms with van der Waals surface area (Å²) >= 11 is 0. The highest BCUT2D eigenvalue weighted by Crippen LogP contribution is 2.23. The van der Waals surface area contributed by atoms with Crippen LogP contribution in [0.25, 0.3) is 0 Å². The third-order valence-corrected chi connectivity index (χ3v) is 4.10. The molecule has 0 aliphatic heterocycles. The molecule has 0 saturated heterocycles. The maximum atomic E-state index is 13.0. The lowest BCUT2D eigenvalue weighted by Crippen LogP contribution is -2.31. The highest BCUT2D eigenvalue weighted by Gasteiger charge is 2.22. The van der Waals surface area contributed by atoms with E-state index in [0.29, 0.717) is 41.3 Å². The third-order valence-electron chi connectivity index (χ3n) is 4.10. The molecule has 0 saturated carbocycles. The summed E-state index contributed by atoms with van der Waals surface area (Å²) in [6.45, 7) is 4.99. The van der Waals surface area contributed by atoms with Crippen LogP contribution in [0.4, 0.5) is 0 Å². The fourth-order valence-corrected chi connectivity index (χ4v) is 2.60. The molecular weight excluding hydrogens is 318 g/mol. The number of hydrogen-bond acceptors (Lipinski definition) is 4. The maximum absolute atomic E-state index is 13.0. The van der Waals surface area contributed by atoms with Crippen LogP contribution in [-0.2, 0) is 0 Å². The van der Waals surface area contributed by atoms with Crippen molar-refractivity contribution in [1.29, 1.82) is 0 Å². The van der Waals surface area contributed by atoms with Crippen molar-refractivity contribution >= 4 is 11.7 Å². The van der Waals surface area contributed by atoms with E-state index in [-0.39, 0.29) is 11.7 Å². The Morgan fingerprint density at radius 2 is 1.40 bits per heavy atom. The molecule has 2 rings (SSSR count). The van der Waals surface area contributed by atoms with Gasteiger partial charge in [0.25, 0.3) is 5.91 Å². The lowest BCUT2D eigenvalue weighted by atomic mass is 9.97. The lowest BCUT2D eigenvalue weighted by molar-refractivity contribution is 0.0768. The van der Waals surface area contributed by atoms with Crippen LogP contribution < -0.4 is 9.47 Å². The second kappa shape index (κ2) is 8.33. The maximum Gasteiger partial charge on any atom is 0.254 e. The Morgan fingerprint density at radius 1 is 0.840 bits per heavy atom. The average molecular weight is 341 g/mol. The zero-order valence-corrected chi connectivity index (χ0v) is 15.0. The Hall–Kier alpha value is -2.82. The molecule has 0 radical (unpaired) electrons. The zero-order valence-electron chi connectivity index (χ0n) is 15.0. The quantitative estimate of drug-likeness (QED) is 0.724. The molecule has 0 fully saturated rings. The Kier molecular flexibility index (Phi) is 6.17. The van der Waals surface area contributed by atoms with Gasteiger partial charge in [0, 0.05) is 24.2 Å². The summed E-state index contributed by atoms with van der Waals surface area (Å²) in [7, 11) is 3.10. The van der Waals surface area contributed by atoms with E-state index in [9.17, 15) is 9.59 Å². The van der Waals surface area contributed by atoms with E-state index in [0.717, 1.165) is 0 Å². The molecule has 0 aromatic heterocycles. The molecule has 5 heteroatoms. The van der Waals surface area contributed by atoms with Crippen molar-refractivity contribution in [2.75, 3.05) is 27.3 Å². The van der Waals surface area contributed by atoms with E-state index >= 15 is 0 Å². The average Bonchev–Trinajstić information content (AvgIpc) is 2.67. The van der Waals surface area contributed by atoms with Gasteiger partial charge in [-0.3, -0.25) is 9.59 Å². The number of carbonyl (C=O) groups excluding carboxylic acids is 2. The van der Waals surface area contributed by atoms with Crippen molar-refractivity contribution in [1.82, 2.24) is 4.90 Å². The van der Waals surface area contributed by atoms with E-state index in [1.165, 1.54) is 7.11 Å². The predicted octanol–water partition coefficient (Wildman–Crippen LogP) is 3.42. The summed E-state index contributed by atoms with van der Waals surface area (Å²) in [5.41, 5.74) is 1.20. The van der Waals surface area contributed by atoms with Gasteiger partial charge in [-0.1, -0.05) is 0 Å². The monoisotopic (exact) mass is 341 g/mol. The number of nitrogens with zero attached hydrogens (tertiary/aromatic N) is 1. The minimum absolute atomic E-state index is 0.162. The SMILES string of the molecule is CCN(CC)C(=O)c1ccc(OC)cc1C(=O)c1ccc(OC)cc1. The Balaban J connectivity index is 2.49. The van der Waals surface area contributed by atoms with Gasteiger partial charge in [0.2, 0.25) is 0 Å². The second-order valence-electron chi connectivity index (χ2n) is 5.45. The third kappa shape index (κ3) is 3.99. The van der Waals surface area contributed by atoms with Crippen LogP contribution in [-0.4, -0.2) is 43.9 Å². The van der Waals surface area contributed by atoms with E-state index in [2.05, 4.69) is 0 Å². The Labute approximate surface area is 148 Å². The number of ether oxygens (including phenoxy) is 2. The van der Waals surface area contributed by atoms with Crippen LogP contribution in [0.2, 0.25) is 0 Å². The van der Waals surface area contributed by atoms with Gasteiger partial charge in [-0.25, -0.2) is 0 Å². The van der Waals surface area contributed by atoms with Crippen LogP contribution in [0.1, 0.15) is 40.1 Å². The van der Waals surface area contributed by atoms with Gasteiger partial charge in [0.05, 0.1) is 19.8 Å². The first-order valence-corrected chi connectivity index (χ1v) is 8.21. The largest absolute Gasteiger partial charge is 0.497 e. The zero-order chi connectivity index (χ0) is 18.4. The first-order chi connectivity index (χ1) is 12.0. The normalized spacial score (nSPS) is 10.2. The molecule has 0 spiro atoms. The highest BCUT2D eigenvalue weighted by molar-refractivity contribution is 6.15. The number of benzene rings is 2. The van der Waals surface area contributed by atoms with Crippen LogP contribution in [0.15, 0.2) is 42.5 Å². The molecule has 0 aliphatic carbocycles. The highest BCUT2D eigenvalue weighted by atomic mass is 16.5. The van der Waals surface area contributed by atoms with E-state index in [1.807, 2.05) is 13.8 Å². The van der Waals surface area contributed by atoms with E-state index in [4.69, 9.17) is 9.47 Å². The summed E-state index contributed by atoms with van der Waals surface area (Å²) in [5, 5.41) is 0. The molecule has 0 heterocycles. The number of methoxy groups -OCH3 is 2. The molecule has 0 unspecified atom stereocenters. The Bertz CT molecular complexity index is 749. The minimum Gasteiger partial charge on any atom is -0.497 e. The first kappa shape index (κ1) is 18.5. The van der Waals surface area contributed by atoms with Gasteiger partial charge in [-0.2, -0.15) is 0 Å². The molecule has 132 valence electrons. The van der Waals surface area contributed by atoms with Crippen molar-refractivity contribution < 1.29 is 19.1 Å². The molecule has 0 N–H and O–H groups in total. The summed E-state index contributed by atoms with van der Waals surface area (Å²) < 4.78 is 10.3. The predicted molar refractivity (Wildman–Crippen MR) is 96.7 cm³/mol. The first-order valence-electron chi connectivity index (χ1n) is 8.21. The number of rotatable bonds is 7. The number of amides is 1. The smallest absolute Gasteiger partial charge is 0.254 e. The second-order valence-corrected chi connectivity index (χ2v) is 5.45. The van der Waals surface area contributed by atoms with Crippen molar-refractivity contribution in [3.05, 3.63) is 59.2 Å². The molecule has 2 aromatic carbocycles. The van der Waals surface area contributed by atoms with Gasteiger partial charge in [0.1, 0.15) is 11.5 Å². The molecular formula is C20H23NO4. The molecule has 5 nitrogen and oxygen atoms in total. The summed E-state index contributed by atoms with van der Waals surface area (Å²) in [5.74, 6) is 0.816. The molecule has 0 atom stereocenters. The molecule has 2 aromatic rings. The van der Waals surface area contributed by atoms with Crippen molar-refractivity contribution in [3.63, 3.8) is 0 Å². The van der Waals surface area contributed by atoms with Crippen LogP contribution >= 0.6 is 0 Å². The van der Waals surface area contributed by atoms with Crippen molar-refractivity contribution in [3.8, 4) is 11.5 Å². The standard InChI is InChI=1S/C20H23NO4/c1-5-21(6-2)20(23)17-12-11-16(25-4)13-18(17)19(22)14-7-9-15(24-3)10-8-14/h7-13H,5-6H2,1-4H3. The molecule has 25 heavy (non-hydrogen) atoms.